The first-order valence-corrected chi connectivity index (χ1v) is 6.38. The van der Waals surface area contributed by atoms with Gasteiger partial charge in [-0.1, -0.05) is 6.92 Å². The Kier molecular flexibility index (Phi) is 3.46. The van der Waals surface area contributed by atoms with Crippen molar-refractivity contribution in [2.24, 2.45) is 0 Å². The van der Waals surface area contributed by atoms with E-state index in [0.29, 0.717) is 17.8 Å². The molecule has 0 amide bonds. The lowest BCUT2D eigenvalue weighted by Gasteiger charge is -2.30. The molecule has 1 aromatic rings. The summed E-state index contributed by atoms with van der Waals surface area (Å²) >= 11 is 0. The third-order valence-corrected chi connectivity index (χ3v) is 3.66. The Morgan fingerprint density at radius 1 is 1.47 bits per heavy atom. The van der Waals surface area contributed by atoms with Gasteiger partial charge in [0.15, 0.2) is 5.78 Å². The van der Waals surface area contributed by atoms with Gasteiger partial charge in [0, 0.05) is 19.0 Å². The second kappa shape index (κ2) is 4.86. The first-order valence-electron chi connectivity index (χ1n) is 6.38. The normalized spacial score (nSPS) is 24.1. The Morgan fingerprint density at radius 3 is 2.76 bits per heavy atom. The molecule has 2 atom stereocenters. The molecule has 1 aliphatic heterocycles. The molecule has 1 fully saturated rings. The van der Waals surface area contributed by atoms with E-state index in [9.17, 15) is 4.79 Å². The van der Waals surface area contributed by atoms with Crippen molar-refractivity contribution in [1.82, 2.24) is 4.98 Å². The van der Waals surface area contributed by atoms with Crippen LogP contribution in [0.5, 0.6) is 0 Å². The molecule has 2 heterocycles. The molecular weight excluding hydrogens is 212 g/mol. The van der Waals surface area contributed by atoms with Crippen LogP contribution in [0.4, 0.5) is 5.69 Å². The Bertz CT molecular complexity index is 399. The average molecular weight is 232 g/mol. The van der Waals surface area contributed by atoms with E-state index in [1.807, 2.05) is 18.3 Å². The first-order chi connectivity index (χ1) is 8.13. The van der Waals surface area contributed by atoms with Crippen molar-refractivity contribution in [3.05, 3.63) is 24.0 Å². The summed E-state index contributed by atoms with van der Waals surface area (Å²) in [5, 5.41) is 0. The lowest BCUT2D eigenvalue weighted by atomic mass is 10.1. The Balaban J connectivity index is 2.24. The van der Waals surface area contributed by atoms with Gasteiger partial charge in [-0.05, 0) is 38.3 Å². The van der Waals surface area contributed by atoms with Crippen LogP contribution in [-0.4, -0.2) is 22.9 Å². The monoisotopic (exact) mass is 232 g/mol. The molecule has 1 saturated heterocycles. The van der Waals surface area contributed by atoms with Gasteiger partial charge in [0.1, 0.15) is 5.69 Å². The van der Waals surface area contributed by atoms with Gasteiger partial charge in [0.05, 0.1) is 11.9 Å². The van der Waals surface area contributed by atoms with Gasteiger partial charge in [-0.2, -0.15) is 0 Å². The first kappa shape index (κ1) is 12.1. The standard InChI is InChI=1S/C14H20N2O/c1-4-12-6-5-10(2)16(12)13-7-8-14(11(3)17)15-9-13/h7-10,12H,4-6H2,1-3H3. The maximum absolute atomic E-state index is 11.2. The molecule has 0 N–H and O–H groups in total. The van der Waals surface area contributed by atoms with Crippen molar-refractivity contribution < 1.29 is 4.79 Å². The predicted octanol–water partition coefficient (Wildman–Crippen LogP) is 3.05. The lowest BCUT2D eigenvalue weighted by molar-refractivity contribution is 0.101. The van der Waals surface area contributed by atoms with Crippen molar-refractivity contribution in [2.45, 2.75) is 52.1 Å². The molecule has 1 aliphatic rings. The Labute approximate surface area is 103 Å². The van der Waals surface area contributed by atoms with Gasteiger partial charge in [0.25, 0.3) is 0 Å². The number of ketones is 1. The largest absolute Gasteiger partial charge is 0.365 e. The highest BCUT2D eigenvalue weighted by molar-refractivity contribution is 5.92. The van der Waals surface area contributed by atoms with E-state index >= 15 is 0 Å². The van der Waals surface area contributed by atoms with E-state index in [1.165, 1.54) is 19.3 Å². The summed E-state index contributed by atoms with van der Waals surface area (Å²) in [7, 11) is 0. The van der Waals surface area contributed by atoms with Crippen LogP contribution in [0.3, 0.4) is 0 Å². The number of nitrogens with zero attached hydrogens (tertiary/aromatic N) is 2. The molecule has 2 rings (SSSR count). The maximum Gasteiger partial charge on any atom is 0.178 e. The summed E-state index contributed by atoms with van der Waals surface area (Å²) < 4.78 is 0. The number of hydrogen-bond donors (Lipinski definition) is 0. The van der Waals surface area contributed by atoms with E-state index < -0.39 is 0 Å². The molecular formula is C14H20N2O. The number of anilines is 1. The zero-order valence-corrected chi connectivity index (χ0v) is 10.8. The zero-order valence-electron chi connectivity index (χ0n) is 10.8. The van der Waals surface area contributed by atoms with Crippen LogP contribution in [0.15, 0.2) is 18.3 Å². The minimum Gasteiger partial charge on any atom is -0.365 e. The van der Waals surface area contributed by atoms with Crippen molar-refractivity contribution in [3.63, 3.8) is 0 Å². The number of carbonyl (C=O) groups is 1. The van der Waals surface area contributed by atoms with E-state index in [-0.39, 0.29) is 5.78 Å². The van der Waals surface area contributed by atoms with Crippen LogP contribution in [0.25, 0.3) is 0 Å². The number of carbonyl (C=O) groups excluding carboxylic acids is 1. The summed E-state index contributed by atoms with van der Waals surface area (Å²) in [5.74, 6) is 0.0260. The molecule has 92 valence electrons. The Hall–Kier alpha value is -1.38. The number of aromatic nitrogens is 1. The fourth-order valence-electron chi connectivity index (χ4n) is 2.68. The molecule has 0 spiro atoms. The molecule has 0 radical (unpaired) electrons. The number of pyridine rings is 1. The third kappa shape index (κ3) is 2.33. The van der Waals surface area contributed by atoms with Gasteiger partial charge in [-0.15, -0.1) is 0 Å². The van der Waals surface area contributed by atoms with Crippen LogP contribution >= 0.6 is 0 Å². The van der Waals surface area contributed by atoms with Crippen LogP contribution in [0.2, 0.25) is 0 Å². The zero-order chi connectivity index (χ0) is 12.4. The lowest BCUT2D eigenvalue weighted by Crippen LogP contribution is -2.34. The SMILES string of the molecule is CCC1CCC(C)N1c1ccc(C(C)=O)nc1. The average Bonchev–Trinajstić information content (AvgIpc) is 2.70. The van der Waals surface area contributed by atoms with Crippen molar-refractivity contribution >= 4 is 11.5 Å². The van der Waals surface area contributed by atoms with Crippen LogP contribution in [-0.2, 0) is 0 Å². The van der Waals surface area contributed by atoms with Crippen molar-refractivity contribution in [3.8, 4) is 0 Å². The third-order valence-electron chi connectivity index (χ3n) is 3.66. The van der Waals surface area contributed by atoms with E-state index in [4.69, 9.17) is 0 Å². The maximum atomic E-state index is 11.2. The molecule has 0 bridgehead atoms. The minimum absolute atomic E-state index is 0.0260. The number of Topliss-reactive ketones (excluding diaryl/α,β-unsaturated/α-hetero) is 1. The fourth-order valence-corrected chi connectivity index (χ4v) is 2.68. The second-order valence-electron chi connectivity index (χ2n) is 4.85. The second-order valence-corrected chi connectivity index (χ2v) is 4.85. The topological polar surface area (TPSA) is 33.2 Å². The Morgan fingerprint density at radius 2 is 2.24 bits per heavy atom. The highest BCUT2D eigenvalue weighted by Gasteiger charge is 2.29. The summed E-state index contributed by atoms with van der Waals surface area (Å²) in [6, 6.07) is 5.05. The summed E-state index contributed by atoms with van der Waals surface area (Å²) in [6.07, 6.45) is 5.50. The molecule has 1 aromatic heterocycles. The summed E-state index contributed by atoms with van der Waals surface area (Å²) in [6.45, 7) is 6.04. The summed E-state index contributed by atoms with van der Waals surface area (Å²) in [5.41, 5.74) is 1.69. The summed E-state index contributed by atoms with van der Waals surface area (Å²) in [4.78, 5) is 17.9. The van der Waals surface area contributed by atoms with Crippen LogP contribution in [0.1, 0.15) is 50.5 Å². The van der Waals surface area contributed by atoms with Crippen molar-refractivity contribution in [2.75, 3.05) is 4.90 Å². The van der Waals surface area contributed by atoms with Crippen LogP contribution in [0, 0.1) is 0 Å². The highest BCUT2D eigenvalue weighted by Crippen LogP contribution is 2.31. The molecule has 3 heteroatoms. The fraction of sp³-hybridized carbons (Fsp3) is 0.571. The van der Waals surface area contributed by atoms with E-state index in [1.54, 1.807) is 6.92 Å². The molecule has 0 aromatic carbocycles. The number of rotatable bonds is 3. The minimum atomic E-state index is 0.0260. The number of hydrogen-bond acceptors (Lipinski definition) is 3. The van der Waals surface area contributed by atoms with Gasteiger partial charge < -0.3 is 4.90 Å². The predicted molar refractivity (Wildman–Crippen MR) is 69.5 cm³/mol. The van der Waals surface area contributed by atoms with E-state index in [0.717, 1.165) is 5.69 Å². The highest BCUT2D eigenvalue weighted by atomic mass is 16.1. The van der Waals surface area contributed by atoms with Gasteiger partial charge in [-0.25, -0.2) is 0 Å². The molecule has 0 saturated carbocycles. The smallest absolute Gasteiger partial charge is 0.178 e. The van der Waals surface area contributed by atoms with Crippen molar-refractivity contribution in [1.29, 1.82) is 0 Å². The molecule has 0 aliphatic carbocycles. The van der Waals surface area contributed by atoms with Gasteiger partial charge in [-0.3, -0.25) is 9.78 Å². The molecule has 2 unspecified atom stereocenters. The quantitative estimate of drug-likeness (QED) is 0.751. The van der Waals surface area contributed by atoms with E-state index in [2.05, 4.69) is 23.7 Å². The van der Waals surface area contributed by atoms with Crippen LogP contribution < -0.4 is 4.90 Å². The molecule has 3 nitrogen and oxygen atoms in total. The van der Waals surface area contributed by atoms with Gasteiger partial charge >= 0.3 is 0 Å². The molecule has 17 heavy (non-hydrogen) atoms. The van der Waals surface area contributed by atoms with Gasteiger partial charge in [0.2, 0.25) is 0 Å².